The molecule has 49 heavy (non-hydrogen) atoms. The van der Waals surface area contributed by atoms with Crippen molar-refractivity contribution in [2.75, 3.05) is 7.11 Å². The van der Waals surface area contributed by atoms with Gasteiger partial charge in [0.2, 0.25) is 0 Å². The molecule has 7 rings (SSSR count). The fraction of sp³-hybridized carbons (Fsp3) is 0.0227. The predicted molar refractivity (Wildman–Crippen MR) is 198 cm³/mol. The largest absolute Gasteiger partial charge is 2.00 e. The smallest absolute Gasteiger partial charge is 0.522 e. The van der Waals surface area contributed by atoms with Gasteiger partial charge in [0.05, 0.1) is 7.11 Å². The number of carbonyl (C=O) groups is 1. The van der Waals surface area contributed by atoms with Crippen molar-refractivity contribution in [3.05, 3.63) is 211 Å². The van der Waals surface area contributed by atoms with E-state index in [0.29, 0.717) is 16.9 Å². The van der Waals surface area contributed by atoms with Crippen LogP contribution in [0.1, 0.15) is 15.9 Å². The second-order valence-electron chi connectivity index (χ2n) is 10.9. The van der Waals surface area contributed by atoms with Gasteiger partial charge in [0.15, 0.2) is 5.78 Å². The molecule has 0 bridgehead atoms. The summed E-state index contributed by atoms with van der Waals surface area (Å²) in [6, 6.07) is 68.2. The number of rotatable bonds is 9. The van der Waals surface area contributed by atoms with Gasteiger partial charge >= 0.3 is 21.1 Å². The molecule has 0 amide bonds. The Hall–Kier alpha value is -5.07. The maximum absolute atomic E-state index is 13.5. The van der Waals surface area contributed by atoms with E-state index in [1.54, 1.807) is 19.2 Å². The molecule has 0 saturated heterocycles. The van der Waals surface area contributed by atoms with Gasteiger partial charge in [0.25, 0.3) is 0 Å². The summed E-state index contributed by atoms with van der Waals surface area (Å²) in [4.78, 5) is 13.5. The van der Waals surface area contributed by atoms with E-state index in [0.717, 1.165) is 11.5 Å². The third kappa shape index (κ3) is 8.33. The van der Waals surface area contributed by atoms with Crippen molar-refractivity contribution in [2.45, 2.75) is 0 Å². The summed E-state index contributed by atoms with van der Waals surface area (Å²) in [7, 11) is -0.550. The van der Waals surface area contributed by atoms with E-state index in [4.69, 9.17) is 9.47 Å². The summed E-state index contributed by atoms with van der Waals surface area (Å²) < 4.78 is 10.8. The molecule has 238 valence electrons. The molecule has 0 fully saturated rings. The zero-order valence-electron chi connectivity index (χ0n) is 27.0. The number of methoxy groups -OCH3 is 1. The Morgan fingerprint density at radius 1 is 0.449 bits per heavy atom. The fourth-order valence-electron chi connectivity index (χ4n) is 5.61. The first-order chi connectivity index (χ1) is 23.7. The van der Waals surface area contributed by atoms with Gasteiger partial charge in [-0.1, -0.05) is 54.6 Å². The maximum Gasteiger partial charge on any atom is 2.00 e. The molecule has 5 heteroatoms. The second kappa shape index (κ2) is 17.4. The average molecular weight is 826 g/mol. The Bertz CT molecular complexity index is 1910. The summed E-state index contributed by atoms with van der Waals surface area (Å²) in [6.45, 7) is 0. The first-order valence-corrected chi connectivity index (χ1v) is 17.4. The standard InChI is InChI=1S/C37H27O2P.C7H7O.W/c38-37(29-21-25-32(26-22-29)39-31-13-5-1-6-14-31)30-23-27-36(28-24-30)40(33-15-7-2-8-16-33,34-17-9-3-10-18-34)35-19-11-4-12-20-35;1-8-7-5-3-2-4-6-7;/h2-28H;3-6H,1H3;/q;-1;+2. The molecule has 0 aliphatic heterocycles. The first kappa shape index (κ1) is 35.2. The Morgan fingerprint density at radius 2 is 0.796 bits per heavy atom. The van der Waals surface area contributed by atoms with Crippen LogP contribution in [0.4, 0.5) is 0 Å². The number of carbonyl (C=O) groups excluding carboxylic acids is 1. The van der Waals surface area contributed by atoms with Gasteiger partial charge in [-0.3, -0.25) is 4.79 Å². The second-order valence-corrected chi connectivity index (χ2v) is 14.3. The summed E-state index contributed by atoms with van der Waals surface area (Å²) in [5.74, 6) is 2.27. The first-order valence-electron chi connectivity index (χ1n) is 15.6. The number of hydrogen-bond acceptors (Lipinski definition) is 3. The van der Waals surface area contributed by atoms with E-state index in [-0.39, 0.29) is 26.8 Å². The summed E-state index contributed by atoms with van der Waals surface area (Å²) >= 11 is 0. The van der Waals surface area contributed by atoms with Crippen LogP contribution in [0, 0.1) is 12.1 Å². The Balaban J connectivity index is 0.000000459. The molecule has 0 spiro atoms. The van der Waals surface area contributed by atoms with E-state index >= 15 is 0 Å². The van der Waals surface area contributed by atoms with E-state index in [9.17, 15) is 4.79 Å². The van der Waals surface area contributed by atoms with Gasteiger partial charge in [-0.05, 0) is 84.9 Å². The number of hydrogen-bond donors (Lipinski definition) is 0. The molecular weight excluding hydrogens is 791 g/mol. The molecule has 0 atom stereocenters. The molecule has 0 radical (unpaired) electrons. The van der Waals surface area contributed by atoms with Crippen molar-refractivity contribution in [1.82, 2.24) is 0 Å². The third-order valence-corrected chi connectivity index (χ3v) is 12.2. The van der Waals surface area contributed by atoms with Crippen LogP contribution in [0.5, 0.6) is 17.2 Å². The SMILES string of the molecule is COc1cc[c-]cc1.O=C(c1ccc(Oc2cc[c-]cc2)cc1)c1ccc([P+](c2ccccc2)(c2ccccc2)c2ccccc2)cc1.[W+2]. The van der Waals surface area contributed by atoms with Crippen molar-refractivity contribution in [1.29, 1.82) is 0 Å². The topological polar surface area (TPSA) is 35.5 Å². The van der Waals surface area contributed by atoms with E-state index < -0.39 is 7.26 Å². The minimum absolute atomic E-state index is 0. The van der Waals surface area contributed by atoms with Crippen LogP contribution in [-0.4, -0.2) is 12.9 Å². The van der Waals surface area contributed by atoms with Gasteiger partial charge in [0, 0.05) is 22.6 Å². The van der Waals surface area contributed by atoms with Crippen molar-refractivity contribution in [3.63, 3.8) is 0 Å². The monoisotopic (exact) mass is 825 g/mol. The van der Waals surface area contributed by atoms with Crippen LogP contribution in [-0.2, 0) is 21.1 Å². The Kier molecular flexibility index (Phi) is 12.5. The van der Waals surface area contributed by atoms with Gasteiger partial charge in [0.1, 0.15) is 34.2 Å². The summed E-state index contributed by atoms with van der Waals surface area (Å²) in [5.41, 5.74) is 1.28. The average Bonchev–Trinajstić information content (AvgIpc) is 3.18. The molecule has 0 N–H and O–H groups in total. The van der Waals surface area contributed by atoms with E-state index in [1.807, 2.05) is 72.8 Å². The zero-order valence-corrected chi connectivity index (χ0v) is 30.8. The molecule has 0 aliphatic carbocycles. The van der Waals surface area contributed by atoms with E-state index in [1.165, 1.54) is 21.2 Å². The Labute approximate surface area is 303 Å². The van der Waals surface area contributed by atoms with Crippen molar-refractivity contribution < 1.29 is 35.3 Å². The van der Waals surface area contributed by atoms with Crippen LogP contribution in [0.15, 0.2) is 188 Å². The zero-order chi connectivity index (χ0) is 33.0. The molecule has 0 heterocycles. The predicted octanol–water partition coefficient (Wildman–Crippen LogP) is 8.62. The minimum Gasteiger partial charge on any atom is -0.522 e. The van der Waals surface area contributed by atoms with Gasteiger partial charge in [-0.25, -0.2) is 0 Å². The van der Waals surface area contributed by atoms with Crippen LogP contribution in [0.3, 0.4) is 0 Å². The number of ether oxygens (including phenoxy) is 2. The van der Waals surface area contributed by atoms with Crippen LogP contribution < -0.4 is 30.7 Å². The van der Waals surface area contributed by atoms with Crippen LogP contribution in [0.25, 0.3) is 0 Å². The van der Waals surface area contributed by atoms with Gasteiger partial charge in [-0.2, -0.15) is 36.4 Å². The van der Waals surface area contributed by atoms with Gasteiger partial charge < -0.3 is 9.47 Å². The minimum atomic E-state index is -2.20. The molecule has 0 saturated carbocycles. The quantitative estimate of drug-likeness (QED) is 0.0832. The summed E-state index contributed by atoms with van der Waals surface area (Å²) in [5, 5.41) is 5.03. The maximum atomic E-state index is 13.5. The third-order valence-electron chi connectivity index (χ3n) is 7.91. The molecule has 0 aromatic heterocycles. The molecule has 7 aromatic rings. The van der Waals surface area contributed by atoms with Crippen LogP contribution in [0.2, 0.25) is 0 Å². The van der Waals surface area contributed by atoms with Crippen molar-refractivity contribution in [2.24, 2.45) is 0 Å². The molecule has 0 aliphatic rings. The molecule has 0 unspecified atom stereocenters. The molecule has 3 nitrogen and oxygen atoms in total. The summed E-state index contributed by atoms with van der Waals surface area (Å²) in [6.07, 6.45) is 0. The molecular formula is C44H34O3PW+. The van der Waals surface area contributed by atoms with Crippen LogP contribution >= 0.6 is 7.26 Å². The van der Waals surface area contributed by atoms with E-state index in [2.05, 4.69) is 115 Å². The van der Waals surface area contributed by atoms with Gasteiger partial charge in [-0.15, -0.1) is 24.3 Å². The van der Waals surface area contributed by atoms with Crippen molar-refractivity contribution >= 4 is 34.3 Å². The Morgan fingerprint density at radius 3 is 1.18 bits per heavy atom. The number of ketones is 1. The van der Waals surface area contributed by atoms with Crippen molar-refractivity contribution in [3.8, 4) is 17.2 Å². The normalized spacial score (nSPS) is 10.5. The fourth-order valence-corrected chi connectivity index (χ4v) is 9.85. The number of benzene rings is 7. The molecule has 7 aromatic carbocycles.